The number of likely N-dealkylation sites (tertiary alicyclic amines) is 1. The molecule has 1 aromatic heterocycles. The van der Waals surface area contributed by atoms with Crippen LogP contribution in [0, 0.1) is 0 Å². The van der Waals surface area contributed by atoms with Gasteiger partial charge in [-0.3, -0.25) is 9.69 Å². The van der Waals surface area contributed by atoms with E-state index in [9.17, 15) is 9.18 Å². The number of aromatic nitrogens is 2. The van der Waals surface area contributed by atoms with Crippen molar-refractivity contribution in [2.24, 2.45) is 5.73 Å². The summed E-state index contributed by atoms with van der Waals surface area (Å²) >= 11 is 6.38. The van der Waals surface area contributed by atoms with E-state index in [2.05, 4.69) is 5.10 Å². The predicted octanol–water partition coefficient (Wildman–Crippen LogP) is 1.98. The van der Waals surface area contributed by atoms with Crippen LogP contribution in [0.1, 0.15) is 17.5 Å². The summed E-state index contributed by atoms with van der Waals surface area (Å²) in [6, 6.07) is 9.26. The number of hydrogen-bond donors (Lipinski definition) is 1. The van der Waals surface area contributed by atoms with E-state index < -0.39 is 18.1 Å². The average Bonchev–Trinajstić information content (AvgIpc) is 3.06. The number of carbonyl (C=O) groups is 1. The molecule has 2 atom stereocenters. The lowest BCUT2D eigenvalue weighted by Crippen LogP contribution is -2.39. The van der Waals surface area contributed by atoms with Crippen LogP contribution in [0.5, 0.6) is 0 Å². The minimum absolute atomic E-state index is 0.144. The normalized spacial score (nSPS) is 21.7. The zero-order chi connectivity index (χ0) is 16.4. The number of rotatable bonds is 5. The Morgan fingerprint density at radius 3 is 2.78 bits per heavy atom. The molecule has 2 N–H and O–H groups in total. The van der Waals surface area contributed by atoms with Gasteiger partial charge >= 0.3 is 0 Å². The molecule has 7 heteroatoms. The molecular formula is C16H18ClFN4O. The quantitative estimate of drug-likeness (QED) is 0.908. The fourth-order valence-electron chi connectivity index (χ4n) is 2.92. The Bertz CT molecular complexity index is 691. The number of alkyl halides is 1. The van der Waals surface area contributed by atoms with Gasteiger partial charge in [0, 0.05) is 25.1 Å². The van der Waals surface area contributed by atoms with Crippen molar-refractivity contribution in [2.75, 3.05) is 6.54 Å². The van der Waals surface area contributed by atoms with Crippen LogP contribution in [-0.4, -0.2) is 39.3 Å². The monoisotopic (exact) mass is 336 g/mol. The van der Waals surface area contributed by atoms with E-state index in [1.807, 2.05) is 30.3 Å². The van der Waals surface area contributed by atoms with Crippen LogP contribution in [0.15, 0.2) is 36.5 Å². The van der Waals surface area contributed by atoms with E-state index in [0.29, 0.717) is 18.2 Å². The van der Waals surface area contributed by atoms with Gasteiger partial charge in [0.25, 0.3) is 0 Å². The molecule has 2 aromatic rings. The van der Waals surface area contributed by atoms with Gasteiger partial charge in [-0.25, -0.2) is 9.07 Å². The Hall–Kier alpha value is -1.92. The molecule has 0 spiro atoms. The summed E-state index contributed by atoms with van der Waals surface area (Å²) in [5.74, 6) is -0.502. The van der Waals surface area contributed by atoms with Crippen LogP contribution in [0.2, 0.25) is 5.15 Å². The summed E-state index contributed by atoms with van der Waals surface area (Å²) in [6.45, 7) is 1.11. The van der Waals surface area contributed by atoms with Gasteiger partial charge in [0.05, 0.1) is 18.8 Å². The highest BCUT2D eigenvalue weighted by molar-refractivity contribution is 6.30. The van der Waals surface area contributed by atoms with Gasteiger partial charge in [-0.05, 0) is 5.56 Å². The number of carbonyl (C=O) groups excluding carboxylic acids is 1. The lowest BCUT2D eigenvalue weighted by atomic mass is 10.2. The molecule has 1 amide bonds. The van der Waals surface area contributed by atoms with Crippen LogP contribution in [-0.2, 0) is 17.9 Å². The molecule has 0 radical (unpaired) electrons. The molecule has 5 nitrogen and oxygen atoms in total. The van der Waals surface area contributed by atoms with Crippen LogP contribution in [0.25, 0.3) is 0 Å². The van der Waals surface area contributed by atoms with Crippen molar-refractivity contribution in [3.63, 3.8) is 0 Å². The maximum Gasteiger partial charge on any atom is 0.234 e. The van der Waals surface area contributed by atoms with E-state index in [4.69, 9.17) is 17.3 Å². The fraction of sp³-hybridized carbons (Fsp3) is 0.375. The first kappa shape index (κ1) is 16.0. The summed E-state index contributed by atoms with van der Waals surface area (Å²) in [5, 5.41) is 4.79. The molecule has 1 fully saturated rings. The molecule has 1 aromatic carbocycles. The number of nitrogens with two attached hydrogens (primary N) is 1. The van der Waals surface area contributed by atoms with Gasteiger partial charge in [0.15, 0.2) is 0 Å². The molecule has 1 aliphatic rings. The van der Waals surface area contributed by atoms with Gasteiger partial charge < -0.3 is 5.73 Å². The van der Waals surface area contributed by atoms with Gasteiger partial charge in [-0.15, -0.1) is 0 Å². The van der Waals surface area contributed by atoms with Crippen LogP contribution in [0.3, 0.4) is 0 Å². The fourth-order valence-corrected chi connectivity index (χ4v) is 3.13. The number of amides is 1. The third-order valence-electron chi connectivity index (χ3n) is 4.07. The first-order valence-corrected chi connectivity index (χ1v) is 7.84. The Labute approximate surface area is 138 Å². The molecule has 1 saturated heterocycles. The number of hydrogen-bond acceptors (Lipinski definition) is 3. The van der Waals surface area contributed by atoms with Gasteiger partial charge in [0.2, 0.25) is 5.91 Å². The van der Waals surface area contributed by atoms with Crippen LogP contribution >= 0.6 is 11.6 Å². The van der Waals surface area contributed by atoms with Crippen LogP contribution < -0.4 is 5.73 Å². The summed E-state index contributed by atoms with van der Waals surface area (Å²) in [6.07, 6.45) is 0.769. The molecule has 0 aliphatic carbocycles. The molecule has 122 valence electrons. The van der Waals surface area contributed by atoms with E-state index in [1.54, 1.807) is 15.8 Å². The lowest BCUT2D eigenvalue weighted by molar-refractivity contribution is -0.122. The van der Waals surface area contributed by atoms with Crippen LogP contribution in [0.4, 0.5) is 4.39 Å². The van der Waals surface area contributed by atoms with Crippen molar-refractivity contribution in [2.45, 2.75) is 31.7 Å². The predicted molar refractivity (Wildman–Crippen MR) is 85.7 cm³/mol. The molecule has 2 heterocycles. The number of nitrogens with zero attached hydrogens (tertiary/aromatic N) is 3. The van der Waals surface area contributed by atoms with E-state index >= 15 is 0 Å². The zero-order valence-electron chi connectivity index (χ0n) is 12.5. The average molecular weight is 337 g/mol. The summed E-state index contributed by atoms with van der Waals surface area (Å²) in [5.41, 5.74) is 7.20. The summed E-state index contributed by atoms with van der Waals surface area (Å²) in [4.78, 5) is 13.2. The number of halogens is 2. The second kappa shape index (κ2) is 6.68. The van der Waals surface area contributed by atoms with Crippen molar-refractivity contribution in [3.05, 3.63) is 52.8 Å². The van der Waals surface area contributed by atoms with Gasteiger partial charge in [0.1, 0.15) is 11.3 Å². The SMILES string of the molecule is NC(=O)[C@@H]1C[C@@H](F)CN1Cc1cnn(Cc2ccccc2)c1Cl. The summed E-state index contributed by atoms with van der Waals surface area (Å²) in [7, 11) is 0. The largest absolute Gasteiger partial charge is 0.368 e. The minimum atomic E-state index is -1.04. The topological polar surface area (TPSA) is 64.2 Å². The lowest BCUT2D eigenvalue weighted by Gasteiger charge is -2.20. The highest BCUT2D eigenvalue weighted by Crippen LogP contribution is 2.25. The highest BCUT2D eigenvalue weighted by Gasteiger charge is 2.36. The molecule has 0 unspecified atom stereocenters. The van der Waals surface area contributed by atoms with E-state index in [-0.39, 0.29) is 13.0 Å². The summed E-state index contributed by atoms with van der Waals surface area (Å²) < 4.78 is 15.3. The molecule has 1 aliphatic heterocycles. The van der Waals surface area contributed by atoms with Crippen molar-refractivity contribution < 1.29 is 9.18 Å². The Balaban J connectivity index is 1.73. The number of benzene rings is 1. The van der Waals surface area contributed by atoms with E-state index in [0.717, 1.165) is 11.1 Å². The second-order valence-corrected chi connectivity index (χ2v) is 6.14. The van der Waals surface area contributed by atoms with E-state index in [1.165, 1.54) is 0 Å². The molecule has 0 bridgehead atoms. The van der Waals surface area contributed by atoms with Gasteiger partial charge in [-0.2, -0.15) is 5.10 Å². The first-order chi connectivity index (χ1) is 11.0. The smallest absolute Gasteiger partial charge is 0.234 e. The minimum Gasteiger partial charge on any atom is -0.368 e. The first-order valence-electron chi connectivity index (χ1n) is 7.46. The van der Waals surface area contributed by atoms with Gasteiger partial charge in [-0.1, -0.05) is 41.9 Å². The van der Waals surface area contributed by atoms with Crippen molar-refractivity contribution >= 4 is 17.5 Å². The zero-order valence-corrected chi connectivity index (χ0v) is 13.3. The third kappa shape index (κ3) is 3.54. The maximum atomic E-state index is 13.6. The maximum absolute atomic E-state index is 13.6. The molecule has 3 rings (SSSR count). The molecule has 23 heavy (non-hydrogen) atoms. The standard InChI is InChI=1S/C16H18ClFN4O/c17-15-12(9-21-10-13(18)6-14(21)16(19)23)7-20-22(15)8-11-4-2-1-3-5-11/h1-5,7,13-14H,6,8-10H2,(H2,19,23)/t13-,14+/m1/s1. The molecular weight excluding hydrogens is 319 g/mol. The molecule has 0 saturated carbocycles. The van der Waals surface area contributed by atoms with Crippen molar-refractivity contribution in [3.8, 4) is 0 Å². The highest BCUT2D eigenvalue weighted by atomic mass is 35.5. The van der Waals surface area contributed by atoms with Crippen molar-refractivity contribution in [1.29, 1.82) is 0 Å². The Kier molecular flexibility index (Phi) is 4.63. The number of primary amides is 1. The Morgan fingerprint density at radius 1 is 1.35 bits per heavy atom. The second-order valence-electron chi connectivity index (χ2n) is 5.78. The Morgan fingerprint density at radius 2 is 2.09 bits per heavy atom. The third-order valence-corrected chi connectivity index (χ3v) is 4.51. The van der Waals surface area contributed by atoms with Crippen molar-refractivity contribution in [1.82, 2.24) is 14.7 Å².